The standard InChI is InChI=1S/C6H10O5/c1-2(7)5-3(8)4(9)6(10)11-5/h3-6,8-10H,1H3/t3-,4-,5+,6-/m1/s1. The lowest BCUT2D eigenvalue weighted by molar-refractivity contribution is -0.147. The third kappa shape index (κ3) is 1.41. The predicted octanol–water partition coefficient (Wildman–Crippen LogP) is -1.99. The molecule has 5 heteroatoms. The molecule has 0 aromatic carbocycles. The zero-order chi connectivity index (χ0) is 8.59. The van der Waals surface area contributed by atoms with Crippen LogP contribution in [0.25, 0.3) is 0 Å². The molecule has 0 aliphatic carbocycles. The molecule has 3 N–H and O–H groups in total. The number of rotatable bonds is 1. The topological polar surface area (TPSA) is 87.0 Å². The third-order valence-corrected chi connectivity index (χ3v) is 1.64. The molecule has 1 fully saturated rings. The van der Waals surface area contributed by atoms with Crippen LogP contribution >= 0.6 is 0 Å². The predicted molar refractivity (Wildman–Crippen MR) is 33.6 cm³/mol. The molecule has 0 amide bonds. The van der Waals surface area contributed by atoms with E-state index in [-0.39, 0.29) is 0 Å². The molecule has 4 atom stereocenters. The molecule has 0 bridgehead atoms. The Morgan fingerprint density at radius 3 is 2.00 bits per heavy atom. The van der Waals surface area contributed by atoms with Gasteiger partial charge in [-0.1, -0.05) is 0 Å². The fraction of sp³-hybridized carbons (Fsp3) is 0.833. The van der Waals surface area contributed by atoms with Gasteiger partial charge in [-0.3, -0.25) is 4.79 Å². The van der Waals surface area contributed by atoms with Crippen LogP contribution in [0, 0.1) is 0 Å². The molecular weight excluding hydrogens is 152 g/mol. The Bertz CT molecular complexity index is 168. The molecule has 0 saturated carbocycles. The lowest BCUT2D eigenvalue weighted by atomic mass is 10.1. The van der Waals surface area contributed by atoms with E-state index in [0.717, 1.165) is 0 Å². The van der Waals surface area contributed by atoms with Gasteiger partial charge in [-0.2, -0.15) is 0 Å². The molecule has 11 heavy (non-hydrogen) atoms. The van der Waals surface area contributed by atoms with Crippen LogP contribution in [0.1, 0.15) is 6.92 Å². The van der Waals surface area contributed by atoms with Gasteiger partial charge in [-0.15, -0.1) is 0 Å². The van der Waals surface area contributed by atoms with E-state index in [0.29, 0.717) is 0 Å². The monoisotopic (exact) mass is 162 g/mol. The highest BCUT2D eigenvalue weighted by molar-refractivity contribution is 5.81. The van der Waals surface area contributed by atoms with Crippen LogP contribution in [-0.4, -0.2) is 45.7 Å². The number of ketones is 1. The summed E-state index contributed by atoms with van der Waals surface area (Å²) in [7, 11) is 0. The summed E-state index contributed by atoms with van der Waals surface area (Å²) in [6.45, 7) is 1.22. The summed E-state index contributed by atoms with van der Waals surface area (Å²) in [5.74, 6) is -0.409. The number of hydrogen-bond acceptors (Lipinski definition) is 5. The molecule has 0 spiro atoms. The van der Waals surface area contributed by atoms with Gasteiger partial charge < -0.3 is 20.1 Å². The number of hydrogen-bond donors (Lipinski definition) is 3. The maximum absolute atomic E-state index is 10.6. The van der Waals surface area contributed by atoms with Gasteiger partial charge in [0.15, 0.2) is 12.1 Å². The summed E-state index contributed by atoms with van der Waals surface area (Å²) in [5.41, 5.74) is 0. The summed E-state index contributed by atoms with van der Waals surface area (Å²) >= 11 is 0. The summed E-state index contributed by atoms with van der Waals surface area (Å²) < 4.78 is 4.55. The third-order valence-electron chi connectivity index (χ3n) is 1.64. The second-order valence-electron chi connectivity index (χ2n) is 2.54. The fourth-order valence-corrected chi connectivity index (χ4v) is 0.995. The van der Waals surface area contributed by atoms with E-state index in [1.807, 2.05) is 0 Å². The van der Waals surface area contributed by atoms with Crippen LogP contribution in [0.3, 0.4) is 0 Å². The minimum absolute atomic E-state index is 0.409. The van der Waals surface area contributed by atoms with E-state index in [4.69, 9.17) is 15.3 Å². The average molecular weight is 162 g/mol. The van der Waals surface area contributed by atoms with Crippen molar-refractivity contribution in [3.05, 3.63) is 0 Å². The van der Waals surface area contributed by atoms with Crippen molar-refractivity contribution in [3.63, 3.8) is 0 Å². The van der Waals surface area contributed by atoms with E-state index in [2.05, 4.69) is 4.74 Å². The van der Waals surface area contributed by atoms with Crippen LogP contribution in [0.2, 0.25) is 0 Å². The number of carbonyl (C=O) groups is 1. The van der Waals surface area contributed by atoms with E-state index < -0.39 is 30.4 Å². The summed E-state index contributed by atoms with van der Waals surface area (Å²) in [4.78, 5) is 10.6. The molecule has 0 aromatic heterocycles. The largest absolute Gasteiger partial charge is 0.387 e. The highest BCUT2D eigenvalue weighted by atomic mass is 16.6. The first-order valence-electron chi connectivity index (χ1n) is 3.24. The Kier molecular flexibility index (Phi) is 2.24. The van der Waals surface area contributed by atoms with Gasteiger partial charge in [-0.05, 0) is 6.92 Å². The smallest absolute Gasteiger partial charge is 0.184 e. The Balaban J connectivity index is 2.67. The molecule has 1 rings (SSSR count). The van der Waals surface area contributed by atoms with Crippen LogP contribution < -0.4 is 0 Å². The second-order valence-corrected chi connectivity index (χ2v) is 2.54. The van der Waals surface area contributed by atoms with Crippen molar-refractivity contribution in [2.45, 2.75) is 31.5 Å². The van der Waals surface area contributed by atoms with E-state index in [1.165, 1.54) is 6.92 Å². The first kappa shape index (κ1) is 8.61. The molecule has 0 radical (unpaired) electrons. The molecule has 1 aliphatic heterocycles. The van der Waals surface area contributed by atoms with E-state index in [9.17, 15) is 4.79 Å². The second kappa shape index (κ2) is 2.86. The molecule has 1 heterocycles. The van der Waals surface area contributed by atoms with Crippen molar-refractivity contribution in [2.24, 2.45) is 0 Å². The molecule has 5 nitrogen and oxygen atoms in total. The minimum Gasteiger partial charge on any atom is -0.387 e. The number of ether oxygens (including phenoxy) is 1. The quantitative estimate of drug-likeness (QED) is 0.415. The average Bonchev–Trinajstić information content (AvgIpc) is 2.17. The van der Waals surface area contributed by atoms with Crippen LogP contribution in [0.15, 0.2) is 0 Å². The molecular formula is C6H10O5. The van der Waals surface area contributed by atoms with Gasteiger partial charge in [0.1, 0.15) is 18.3 Å². The Morgan fingerprint density at radius 2 is 1.82 bits per heavy atom. The number of aliphatic hydroxyl groups is 3. The molecule has 1 aliphatic rings. The first-order valence-corrected chi connectivity index (χ1v) is 3.24. The minimum atomic E-state index is -1.46. The molecule has 0 unspecified atom stereocenters. The van der Waals surface area contributed by atoms with Crippen molar-refractivity contribution in [1.29, 1.82) is 0 Å². The highest BCUT2D eigenvalue weighted by Gasteiger charge is 2.43. The van der Waals surface area contributed by atoms with Crippen LogP contribution in [-0.2, 0) is 9.53 Å². The summed E-state index contributed by atoms with van der Waals surface area (Å²) in [6, 6.07) is 0. The first-order chi connectivity index (χ1) is 5.04. The van der Waals surface area contributed by atoms with Crippen molar-refractivity contribution in [3.8, 4) is 0 Å². The molecule has 0 aromatic rings. The molecule has 1 saturated heterocycles. The van der Waals surface area contributed by atoms with Crippen molar-refractivity contribution < 1.29 is 24.9 Å². The van der Waals surface area contributed by atoms with Crippen LogP contribution in [0.4, 0.5) is 0 Å². The number of aliphatic hydroxyl groups excluding tert-OH is 3. The summed E-state index contributed by atoms with van der Waals surface area (Å²) in [6.07, 6.45) is -5.26. The summed E-state index contributed by atoms with van der Waals surface area (Å²) in [5, 5.41) is 26.8. The van der Waals surface area contributed by atoms with Gasteiger partial charge in [-0.25, -0.2) is 0 Å². The fourth-order valence-electron chi connectivity index (χ4n) is 0.995. The van der Waals surface area contributed by atoms with E-state index >= 15 is 0 Å². The highest BCUT2D eigenvalue weighted by Crippen LogP contribution is 2.19. The van der Waals surface area contributed by atoms with Gasteiger partial charge in [0, 0.05) is 0 Å². The van der Waals surface area contributed by atoms with E-state index in [1.54, 1.807) is 0 Å². The van der Waals surface area contributed by atoms with Gasteiger partial charge in [0.05, 0.1) is 0 Å². The van der Waals surface area contributed by atoms with Crippen molar-refractivity contribution in [1.82, 2.24) is 0 Å². The lowest BCUT2D eigenvalue weighted by Gasteiger charge is -2.09. The maximum Gasteiger partial charge on any atom is 0.184 e. The molecule has 64 valence electrons. The number of Topliss-reactive ketones (excluding diaryl/α,β-unsaturated/α-hetero) is 1. The van der Waals surface area contributed by atoms with Crippen molar-refractivity contribution in [2.75, 3.05) is 0 Å². The zero-order valence-electron chi connectivity index (χ0n) is 5.97. The maximum atomic E-state index is 10.6. The number of carbonyl (C=O) groups excluding carboxylic acids is 1. The Morgan fingerprint density at radius 1 is 1.27 bits per heavy atom. The normalized spacial score (nSPS) is 44.4. The van der Waals surface area contributed by atoms with Gasteiger partial charge >= 0.3 is 0 Å². The zero-order valence-corrected chi connectivity index (χ0v) is 5.97. The van der Waals surface area contributed by atoms with Gasteiger partial charge in [0.25, 0.3) is 0 Å². The lowest BCUT2D eigenvalue weighted by Crippen LogP contribution is -2.35. The Labute approximate surface area is 63.2 Å². The van der Waals surface area contributed by atoms with Crippen LogP contribution in [0.5, 0.6) is 0 Å². The SMILES string of the molecule is CC(=O)[C@@H]1O[C@@H](O)[C@H](O)[C@H]1O. The Hall–Kier alpha value is -0.490. The van der Waals surface area contributed by atoms with Gasteiger partial charge in [0.2, 0.25) is 0 Å². The van der Waals surface area contributed by atoms with Crippen molar-refractivity contribution >= 4 is 5.78 Å².